The zero-order chi connectivity index (χ0) is 13.9. The van der Waals surface area contributed by atoms with Crippen molar-refractivity contribution < 1.29 is 0 Å². The summed E-state index contributed by atoms with van der Waals surface area (Å²) in [6, 6.07) is 0. The Hall–Kier alpha value is -1.13. The van der Waals surface area contributed by atoms with Crippen molar-refractivity contribution in [3.63, 3.8) is 0 Å². The minimum atomic E-state index is 0.915. The van der Waals surface area contributed by atoms with Crippen molar-refractivity contribution in [3.05, 3.63) is 34.1 Å². The number of allylic oxidation sites excluding steroid dienone is 1. The highest BCUT2D eigenvalue weighted by atomic mass is 32.1. The maximum absolute atomic E-state index is 4.63. The zero-order valence-electron chi connectivity index (χ0n) is 12.4. The Kier molecular flexibility index (Phi) is 4.22. The van der Waals surface area contributed by atoms with Gasteiger partial charge in [-0.25, -0.2) is 4.98 Å². The molecule has 20 heavy (non-hydrogen) atoms. The maximum Gasteiger partial charge on any atom is 0.194 e. The minimum Gasteiger partial charge on any atom is -0.311 e. The van der Waals surface area contributed by atoms with E-state index in [4.69, 9.17) is 0 Å². The highest BCUT2D eigenvalue weighted by molar-refractivity contribution is 7.15. The molecule has 2 heterocycles. The molecule has 0 amide bonds. The van der Waals surface area contributed by atoms with Gasteiger partial charge < -0.3 is 5.32 Å². The maximum atomic E-state index is 4.63. The van der Waals surface area contributed by atoms with Crippen LogP contribution in [-0.2, 0) is 6.54 Å². The topological polar surface area (TPSA) is 29.3 Å². The second kappa shape index (κ2) is 6.10. The zero-order valence-corrected chi connectivity index (χ0v) is 13.2. The van der Waals surface area contributed by atoms with E-state index in [1.165, 1.54) is 43.5 Å². The summed E-state index contributed by atoms with van der Waals surface area (Å²) in [6.07, 6.45) is 8.98. The summed E-state index contributed by atoms with van der Waals surface area (Å²) in [6.45, 7) is 6.25. The fraction of sp³-hybridized carbons (Fsp3) is 0.562. The molecule has 0 unspecified atom stereocenters. The molecular formula is C16H23N3S. The molecule has 0 aromatic carbocycles. The summed E-state index contributed by atoms with van der Waals surface area (Å²) in [5.41, 5.74) is 5.41. The van der Waals surface area contributed by atoms with E-state index in [1.54, 1.807) is 16.9 Å². The number of hydrogen-bond acceptors (Lipinski definition) is 3. The van der Waals surface area contributed by atoms with Gasteiger partial charge in [0.1, 0.15) is 0 Å². The molecule has 0 saturated heterocycles. The molecule has 2 aromatic heterocycles. The summed E-state index contributed by atoms with van der Waals surface area (Å²) in [5, 5.41) is 5.77. The molecule has 0 bridgehead atoms. The number of nitrogens with zero attached hydrogens (tertiary/aromatic N) is 2. The molecule has 0 radical (unpaired) electrons. The Bertz CT molecular complexity index is 621. The summed E-state index contributed by atoms with van der Waals surface area (Å²) < 4.78 is 2.28. The molecule has 1 aliphatic carbocycles. The Morgan fingerprint density at radius 2 is 2.25 bits per heavy atom. The highest BCUT2D eigenvalue weighted by Gasteiger charge is 2.11. The van der Waals surface area contributed by atoms with Crippen LogP contribution in [0, 0.1) is 13.8 Å². The second-order valence-electron chi connectivity index (χ2n) is 5.67. The van der Waals surface area contributed by atoms with E-state index in [0.717, 1.165) is 23.7 Å². The van der Waals surface area contributed by atoms with Gasteiger partial charge in [-0.05, 0) is 52.5 Å². The van der Waals surface area contributed by atoms with Crippen molar-refractivity contribution >= 4 is 16.3 Å². The predicted molar refractivity (Wildman–Crippen MR) is 85.4 cm³/mol. The Balaban J connectivity index is 1.58. The van der Waals surface area contributed by atoms with Crippen LogP contribution in [0.4, 0.5) is 0 Å². The number of nitrogens with one attached hydrogen (secondary N) is 1. The van der Waals surface area contributed by atoms with Crippen LogP contribution in [0.25, 0.3) is 4.96 Å². The SMILES string of the molecule is Cc1nc2scc(C)n2c1CNCCC1=CCCCC1. The van der Waals surface area contributed by atoms with Crippen molar-refractivity contribution in [2.45, 2.75) is 52.5 Å². The number of aromatic nitrogens is 2. The van der Waals surface area contributed by atoms with Crippen LogP contribution >= 0.6 is 11.3 Å². The number of rotatable bonds is 5. The molecule has 3 nitrogen and oxygen atoms in total. The van der Waals surface area contributed by atoms with Crippen molar-refractivity contribution in [2.24, 2.45) is 0 Å². The van der Waals surface area contributed by atoms with Gasteiger partial charge in [-0.3, -0.25) is 4.40 Å². The molecule has 0 atom stereocenters. The van der Waals surface area contributed by atoms with E-state index in [9.17, 15) is 0 Å². The van der Waals surface area contributed by atoms with Gasteiger partial charge in [0, 0.05) is 17.6 Å². The summed E-state index contributed by atoms with van der Waals surface area (Å²) >= 11 is 1.73. The first kappa shape index (κ1) is 13.8. The third-order valence-corrected chi connectivity index (χ3v) is 5.07. The summed E-state index contributed by atoms with van der Waals surface area (Å²) in [7, 11) is 0. The fourth-order valence-electron chi connectivity index (χ4n) is 2.96. The first-order valence-electron chi connectivity index (χ1n) is 7.56. The molecule has 0 saturated carbocycles. The minimum absolute atomic E-state index is 0.915. The third-order valence-electron chi connectivity index (χ3n) is 4.13. The number of thiazole rings is 1. The lowest BCUT2D eigenvalue weighted by molar-refractivity contribution is 0.624. The first-order valence-corrected chi connectivity index (χ1v) is 8.44. The van der Waals surface area contributed by atoms with Crippen LogP contribution in [0.2, 0.25) is 0 Å². The molecule has 1 N–H and O–H groups in total. The van der Waals surface area contributed by atoms with Gasteiger partial charge in [0.05, 0.1) is 11.4 Å². The summed E-state index contributed by atoms with van der Waals surface area (Å²) in [5.74, 6) is 0. The van der Waals surface area contributed by atoms with Crippen molar-refractivity contribution in [2.75, 3.05) is 6.54 Å². The molecule has 1 aliphatic rings. The van der Waals surface area contributed by atoms with Crippen molar-refractivity contribution in [1.82, 2.24) is 14.7 Å². The van der Waals surface area contributed by atoms with Crippen LogP contribution in [0.5, 0.6) is 0 Å². The highest BCUT2D eigenvalue weighted by Crippen LogP contribution is 2.21. The standard InChI is InChI=1S/C16H23N3S/c1-12-11-20-16-18-13(2)15(19(12)16)10-17-9-8-14-6-4-3-5-7-14/h6,11,17H,3-5,7-10H2,1-2H3. The Morgan fingerprint density at radius 3 is 3.05 bits per heavy atom. The van der Waals surface area contributed by atoms with Gasteiger partial charge in [-0.2, -0.15) is 0 Å². The van der Waals surface area contributed by atoms with E-state index in [1.807, 2.05) is 0 Å². The third kappa shape index (κ3) is 2.81. The van der Waals surface area contributed by atoms with Crippen molar-refractivity contribution in [3.8, 4) is 0 Å². The quantitative estimate of drug-likeness (QED) is 0.666. The normalized spacial score (nSPS) is 15.8. The van der Waals surface area contributed by atoms with Crippen molar-refractivity contribution in [1.29, 1.82) is 0 Å². The Morgan fingerprint density at radius 1 is 1.35 bits per heavy atom. The van der Waals surface area contributed by atoms with Crippen LogP contribution in [-0.4, -0.2) is 15.9 Å². The monoisotopic (exact) mass is 289 g/mol. The van der Waals surface area contributed by atoms with Gasteiger partial charge in [-0.15, -0.1) is 11.3 Å². The Labute approximate surface area is 124 Å². The second-order valence-corrected chi connectivity index (χ2v) is 6.51. The molecule has 0 aliphatic heterocycles. The lowest BCUT2D eigenvalue weighted by atomic mass is 9.97. The molecule has 3 rings (SSSR count). The van der Waals surface area contributed by atoms with E-state index < -0.39 is 0 Å². The average Bonchev–Trinajstić information content (AvgIpc) is 2.96. The van der Waals surface area contributed by atoms with E-state index in [-0.39, 0.29) is 0 Å². The smallest absolute Gasteiger partial charge is 0.194 e. The van der Waals surface area contributed by atoms with Gasteiger partial charge in [-0.1, -0.05) is 11.6 Å². The molecule has 2 aromatic rings. The number of fused-ring (bicyclic) bond motifs is 1. The average molecular weight is 289 g/mol. The van der Waals surface area contributed by atoms with Crippen LogP contribution in [0.3, 0.4) is 0 Å². The fourth-order valence-corrected chi connectivity index (χ4v) is 3.89. The molecule has 0 spiro atoms. The number of imidazole rings is 1. The number of hydrogen-bond donors (Lipinski definition) is 1. The van der Waals surface area contributed by atoms with Gasteiger partial charge in [0.2, 0.25) is 0 Å². The molecular weight excluding hydrogens is 266 g/mol. The lowest BCUT2D eigenvalue weighted by Gasteiger charge is -2.13. The van der Waals surface area contributed by atoms with Gasteiger partial charge in [0.15, 0.2) is 4.96 Å². The largest absolute Gasteiger partial charge is 0.311 e. The molecule has 108 valence electrons. The van der Waals surface area contributed by atoms with E-state index in [2.05, 4.69) is 40.0 Å². The molecule has 4 heteroatoms. The van der Waals surface area contributed by atoms with E-state index in [0.29, 0.717) is 0 Å². The van der Waals surface area contributed by atoms with Crippen LogP contribution in [0.15, 0.2) is 17.0 Å². The lowest BCUT2D eigenvalue weighted by Crippen LogP contribution is -2.17. The first-order chi connectivity index (χ1) is 9.75. The van der Waals surface area contributed by atoms with Gasteiger partial charge >= 0.3 is 0 Å². The van der Waals surface area contributed by atoms with E-state index >= 15 is 0 Å². The summed E-state index contributed by atoms with van der Waals surface area (Å²) in [4.78, 5) is 5.75. The van der Waals surface area contributed by atoms with Crippen LogP contribution in [0.1, 0.15) is 49.2 Å². The number of aryl methyl sites for hydroxylation is 2. The van der Waals surface area contributed by atoms with Gasteiger partial charge in [0.25, 0.3) is 0 Å². The molecule has 0 fully saturated rings. The predicted octanol–water partition coefficient (Wildman–Crippen LogP) is 3.99. The van der Waals surface area contributed by atoms with Crippen LogP contribution < -0.4 is 5.32 Å².